The maximum atomic E-state index is 13.6. The molecule has 5 nitrogen and oxygen atoms in total. The highest BCUT2D eigenvalue weighted by Gasteiger charge is 2.14. The predicted octanol–water partition coefficient (Wildman–Crippen LogP) is 3.21. The summed E-state index contributed by atoms with van der Waals surface area (Å²) in [7, 11) is 0. The lowest BCUT2D eigenvalue weighted by Gasteiger charge is -2.06. The number of aryl methyl sites for hydroxylation is 1. The fraction of sp³-hybridized carbons (Fsp3) is 0.200. The molecule has 21 heavy (non-hydrogen) atoms. The first kappa shape index (κ1) is 14.8. The topological polar surface area (TPSA) is 76.7 Å². The second kappa shape index (κ2) is 5.78. The molecule has 0 spiro atoms. The Labute approximate surface area is 120 Å². The third kappa shape index (κ3) is 3.28. The van der Waals surface area contributed by atoms with Crippen molar-refractivity contribution >= 4 is 11.8 Å². The minimum atomic E-state index is -1.17. The molecule has 0 amide bonds. The summed E-state index contributed by atoms with van der Waals surface area (Å²) in [5.41, 5.74) is 0.554. The van der Waals surface area contributed by atoms with E-state index in [1.54, 1.807) is 6.92 Å². The maximum absolute atomic E-state index is 13.6. The molecule has 2 aromatic rings. The highest BCUT2D eigenvalue weighted by atomic mass is 19.1. The number of carboxylic acids is 1. The number of aromatic carboxylic acids is 1. The number of ketones is 1. The van der Waals surface area contributed by atoms with E-state index in [1.165, 1.54) is 25.1 Å². The number of carbonyl (C=O) groups is 2. The summed E-state index contributed by atoms with van der Waals surface area (Å²) in [5, 5.41) is 8.81. The van der Waals surface area contributed by atoms with Gasteiger partial charge in [0, 0.05) is 11.6 Å². The monoisotopic (exact) mass is 292 g/mol. The third-order valence-electron chi connectivity index (χ3n) is 2.95. The predicted molar refractivity (Wildman–Crippen MR) is 71.1 cm³/mol. The zero-order valence-corrected chi connectivity index (χ0v) is 11.5. The van der Waals surface area contributed by atoms with Crippen molar-refractivity contribution in [2.24, 2.45) is 0 Å². The second-order valence-corrected chi connectivity index (χ2v) is 4.48. The van der Waals surface area contributed by atoms with E-state index in [2.05, 4.69) is 0 Å². The maximum Gasteiger partial charge on any atom is 0.371 e. The van der Waals surface area contributed by atoms with E-state index in [1.807, 2.05) is 0 Å². The molecule has 1 aromatic carbocycles. The first-order chi connectivity index (χ1) is 9.88. The molecule has 1 heterocycles. The average Bonchev–Trinajstić information content (AvgIpc) is 2.77. The lowest BCUT2D eigenvalue weighted by molar-refractivity contribution is 0.0660. The van der Waals surface area contributed by atoms with Crippen LogP contribution < -0.4 is 4.74 Å². The van der Waals surface area contributed by atoms with E-state index in [0.717, 1.165) is 6.07 Å². The van der Waals surface area contributed by atoms with Gasteiger partial charge in [0.25, 0.3) is 0 Å². The van der Waals surface area contributed by atoms with E-state index in [0.29, 0.717) is 11.3 Å². The van der Waals surface area contributed by atoms with Crippen LogP contribution in [0.2, 0.25) is 0 Å². The molecule has 0 radical (unpaired) electrons. The van der Waals surface area contributed by atoms with Crippen molar-refractivity contribution in [3.8, 4) is 5.75 Å². The first-order valence-corrected chi connectivity index (χ1v) is 6.14. The molecule has 1 N–H and O–H groups in total. The molecule has 110 valence electrons. The molecular formula is C15H13FO5. The highest BCUT2D eigenvalue weighted by molar-refractivity contribution is 5.94. The summed E-state index contributed by atoms with van der Waals surface area (Å²) in [6.45, 7) is 2.94. The van der Waals surface area contributed by atoms with Gasteiger partial charge in [0.2, 0.25) is 5.76 Å². The van der Waals surface area contributed by atoms with E-state index < -0.39 is 11.8 Å². The largest absolute Gasteiger partial charge is 0.489 e. The zero-order valence-electron chi connectivity index (χ0n) is 11.5. The number of carboxylic acid groups (broad SMARTS) is 1. The van der Waals surface area contributed by atoms with Gasteiger partial charge < -0.3 is 14.3 Å². The number of hydrogen-bond acceptors (Lipinski definition) is 4. The molecular weight excluding hydrogens is 279 g/mol. The summed E-state index contributed by atoms with van der Waals surface area (Å²) in [6.07, 6.45) is 0. The van der Waals surface area contributed by atoms with E-state index in [9.17, 15) is 14.0 Å². The van der Waals surface area contributed by atoms with Gasteiger partial charge in [-0.2, -0.15) is 0 Å². The normalized spacial score (nSPS) is 10.4. The standard InChI is InChI=1S/C15H13FO5/c1-8(17)12-4-3-11(6-13(12)16)20-7-10-5-14(15(18)19)21-9(10)2/h3-6H,7H2,1-2H3,(H,18,19). The van der Waals surface area contributed by atoms with E-state index in [4.69, 9.17) is 14.3 Å². The van der Waals surface area contributed by atoms with E-state index >= 15 is 0 Å². The van der Waals surface area contributed by atoms with Gasteiger partial charge in [-0.05, 0) is 32.0 Å². The molecule has 0 aliphatic carbocycles. The van der Waals surface area contributed by atoms with Crippen LogP contribution in [0.5, 0.6) is 5.75 Å². The fourth-order valence-electron chi connectivity index (χ4n) is 1.80. The van der Waals surface area contributed by atoms with Crippen molar-refractivity contribution in [3.05, 3.63) is 52.7 Å². The molecule has 6 heteroatoms. The molecule has 0 atom stereocenters. The third-order valence-corrected chi connectivity index (χ3v) is 2.95. The van der Waals surface area contributed by atoms with Gasteiger partial charge in [-0.1, -0.05) is 0 Å². The van der Waals surface area contributed by atoms with Crippen molar-refractivity contribution in [1.82, 2.24) is 0 Å². The Morgan fingerprint density at radius 3 is 2.57 bits per heavy atom. The Morgan fingerprint density at radius 1 is 1.33 bits per heavy atom. The van der Waals surface area contributed by atoms with Crippen molar-refractivity contribution in [2.45, 2.75) is 20.5 Å². The van der Waals surface area contributed by atoms with Crippen molar-refractivity contribution in [1.29, 1.82) is 0 Å². The van der Waals surface area contributed by atoms with Gasteiger partial charge in [0.15, 0.2) is 5.78 Å². The molecule has 0 aliphatic rings. The summed E-state index contributed by atoms with van der Waals surface area (Å²) in [4.78, 5) is 21.9. The minimum Gasteiger partial charge on any atom is -0.489 e. The van der Waals surface area contributed by atoms with Crippen molar-refractivity contribution in [2.75, 3.05) is 0 Å². The van der Waals surface area contributed by atoms with Gasteiger partial charge in [0.05, 0.1) is 5.56 Å². The van der Waals surface area contributed by atoms with Crippen LogP contribution in [0.1, 0.15) is 39.2 Å². The SMILES string of the molecule is CC(=O)c1ccc(OCc2cc(C(=O)O)oc2C)cc1F. The number of carbonyl (C=O) groups excluding carboxylic acids is 1. The van der Waals surface area contributed by atoms with Crippen LogP contribution in [0.4, 0.5) is 4.39 Å². The first-order valence-electron chi connectivity index (χ1n) is 6.14. The summed E-state index contributed by atoms with van der Waals surface area (Å²) in [6, 6.07) is 5.30. The van der Waals surface area contributed by atoms with E-state index in [-0.39, 0.29) is 29.5 Å². The lowest BCUT2D eigenvalue weighted by Crippen LogP contribution is -2.00. The zero-order chi connectivity index (χ0) is 15.6. The van der Waals surface area contributed by atoms with Crippen LogP contribution in [0.15, 0.2) is 28.7 Å². The van der Waals surface area contributed by atoms with Crippen LogP contribution in [0.25, 0.3) is 0 Å². The van der Waals surface area contributed by atoms with Gasteiger partial charge in [-0.15, -0.1) is 0 Å². The highest BCUT2D eigenvalue weighted by Crippen LogP contribution is 2.20. The Morgan fingerprint density at radius 2 is 2.05 bits per heavy atom. The van der Waals surface area contributed by atoms with Gasteiger partial charge >= 0.3 is 5.97 Å². The molecule has 0 unspecified atom stereocenters. The van der Waals surface area contributed by atoms with Crippen LogP contribution >= 0.6 is 0 Å². The number of benzene rings is 1. The van der Waals surface area contributed by atoms with Crippen LogP contribution in [-0.4, -0.2) is 16.9 Å². The molecule has 2 rings (SSSR count). The molecule has 0 bridgehead atoms. The molecule has 0 saturated carbocycles. The van der Waals surface area contributed by atoms with Crippen molar-refractivity contribution < 1.29 is 28.2 Å². The quantitative estimate of drug-likeness (QED) is 0.856. The Balaban J connectivity index is 2.11. The van der Waals surface area contributed by atoms with Crippen LogP contribution in [-0.2, 0) is 6.61 Å². The van der Waals surface area contributed by atoms with Gasteiger partial charge in [-0.25, -0.2) is 9.18 Å². The number of rotatable bonds is 5. The summed E-state index contributed by atoms with van der Waals surface area (Å²) < 4.78 is 24.0. The average molecular weight is 292 g/mol. The molecule has 1 aromatic heterocycles. The number of Topliss-reactive ketones (excluding diaryl/α,β-unsaturated/α-hetero) is 1. The van der Waals surface area contributed by atoms with Gasteiger partial charge in [-0.3, -0.25) is 4.79 Å². The number of hydrogen-bond donors (Lipinski definition) is 1. The Kier molecular flexibility index (Phi) is 4.07. The minimum absolute atomic E-state index is 0.00462. The van der Waals surface area contributed by atoms with Gasteiger partial charge in [0.1, 0.15) is 23.9 Å². The summed E-state index contributed by atoms with van der Waals surface area (Å²) >= 11 is 0. The lowest BCUT2D eigenvalue weighted by atomic mass is 10.1. The Hall–Kier alpha value is -2.63. The molecule has 0 saturated heterocycles. The van der Waals surface area contributed by atoms with Crippen LogP contribution in [0.3, 0.4) is 0 Å². The fourth-order valence-corrected chi connectivity index (χ4v) is 1.80. The number of ether oxygens (including phenoxy) is 1. The smallest absolute Gasteiger partial charge is 0.371 e. The number of halogens is 1. The molecule has 0 aliphatic heterocycles. The molecule has 0 fully saturated rings. The van der Waals surface area contributed by atoms with Crippen LogP contribution in [0, 0.1) is 12.7 Å². The van der Waals surface area contributed by atoms with Crippen molar-refractivity contribution in [3.63, 3.8) is 0 Å². The summed E-state index contributed by atoms with van der Waals surface area (Å²) in [5.74, 6) is -1.69. The second-order valence-electron chi connectivity index (χ2n) is 4.48. The number of furan rings is 1. The Bertz CT molecular complexity index is 702.